The maximum atomic E-state index is 11.5. The summed E-state index contributed by atoms with van der Waals surface area (Å²) in [6.45, 7) is 9.79. The van der Waals surface area contributed by atoms with E-state index < -0.39 is 0 Å². The average Bonchev–Trinajstić information content (AvgIpc) is 2.29. The van der Waals surface area contributed by atoms with Gasteiger partial charge in [-0.2, -0.15) is 0 Å². The standard InChI is InChI=1S/C15H24N2O/c1-5-7-16-14(18)6-8-17-15-12(3)9-11(2)10-13(15)4/h9-10,17H,5-8H2,1-4H3,(H,16,18). The SMILES string of the molecule is CCCNC(=O)CCNc1c(C)cc(C)cc1C. The number of nitrogens with one attached hydrogen (secondary N) is 2. The molecule has 0 unspecified atom stereocenters. The highest BCUT2D eigenvalue weighted by atomic mass is 16.1. The zero-order valence-electron chi connectivity index (χ0n) is 11.9. The van der Waals surface area contributed by atoms with E-state index in [1.807, 2.05) is 0 Å². The van der Waals surface area contributed by atoms with Gasteiger partial charge >= 0.3 is 0 Å². The lowest BCUT2D eigenvalue weighted by Crippen LogP contribution is -2.26. The van der Waals surface area contributed by atoms with Crippen LogP contribution in [0.25, 0.3) is 0 Å². The lowest BCUT2D eigenvalue weighted by molar-refractivity contribution is -0.120. The monoisotopic (exact) mass is 248 g/mol. The van der Waals surface area contributed by atoms with E-state index in [9.17, 15) is 4.79 Å². The molecule has 0 spiro atoms. The van der Waals surface area contributed by atoms with Crippen molar-refractivity contribution < 1.29 is 4.79 Å². The Hall–Kier alpha value is -1.51. The van der Waals surface area contributed by atoms with Crippen LogP contribution in [-0.2, 0) is 4.79 Å². The molecule has 0 fully saturated rings. The minimum Gasteiger partial charge on any atom is -0.384 e. The molecule has 0 saturated carbocycles. The Bertz CT molecular complexity index is 390. The van der Waals surface area contributed by atoms with Gasteiger partial charge in [0.05, 0.1) is 0 Å². The van der Waals surface area contributed by atoms with Crippen LogP contribution in [0.5, 0.6) is 0 Å². The van der Waals surface area contributed by atoms with Gasteiger partial charge in [0.1, 0.15) is 0 Å². The first-order valence-corrected chi connectivity index (χ1v) is 6.63. The van der Waals surface area contributed by atoms with Crippen molar-refractivity contribution in [1.29, 1.82) is 0 Å². The molecule has 1 aromatic rings. The molecular formula is C15H24N2O. The van der Waals surface area contributed by atoms with E-state index in [1.54, 1.807) is 0 Å². The topological polar surface area (TPSA) is 41.1 Å². The second-order valence-electron chi connectivity index (χ2n) is 4.80. The van der Waals surface area contributed by atoms with Crippen LogP contribution >= 0.6 is 0 Å². The zero-order valence-corrected chi connectivity index (χ0v) is 11.9. The predicted octanol–water partition coefficient (Wildman–Crippen LogP) is 2.94. The van der Waals surface area contributed by atoms with Gasteiger partial charge in [-0.3, -0.25) is 4.79 Å². The molecule has 0 aliphatic heterocycles. The highest BCUT2D eigenvalue weighted by Gasteiger charge is 2.04. The molecule has 0 atom stereocenters. The molecule has 1 rings (SSSR count). The van der Waals surface area contributed by atoms with Crippen LogP contribution in [0.4, 0.5) is 5.69 Å². The third-order valence-electron chi connectivity index (χ3n) is 2.90. The van der Waals surface area contributed by atoms with Crippen molar-refractivity contribution in [3.63, 3.8) is 0 Å². The van der Waals surface area contributed by atoms with Crippen LogP contribution in [-0.4, -0.2) is 19.0 Å². The third-order valence-corrected chi connectivity index (χ3v) is 2.90. The Morgan fingerprint density at radius 1 is 1.11 bits per heavy atom. The number of rotatable bonds is 6. The van der Waals surface area contributed by atoms with Gasteiger partial charge in [-0.1, -0.05) is 24.6 Å². The molecule has 0 aromatic heterocycles. The van der Waals surface area contributed by atoms with Crippen molar-refractivity contribution in [1.82, 2.24) is 5.32 Å². The minimum absolute atomic E-state index is 0.117. The van der Waals surface area contributed by atoms with Crippen molar-refractivity contribution in [3.05, 3.63) is 28.8 Å². The Kier molecular flexibility index (Phi) is 5.69. The highest BCUT2D eigenvalue weighted by molar-refractivity contribution is 5.76. The molecular weight excluding hydrogens is 224 g/mol. The maximum Gasteiger partial charge on any atom is 0.221 e. The normalized spacial score (nSPS) is 10.2. The smallest absolute Gasteiger partial charge is 0.221 e. The molecule has 3 nitrogen and oxygen atoms in total. The van der Waals surface area contributed by atoms with Crippen molar-refractivity contribution in [2.75, 3.05) is 18.4 Å². The Balaban J connectivity index is 2.47. The summed E-state index contributed by atoms with van der Waals surface area (Å²) in [5.41, 5.74) is 4.91. The highest BCUT2D eigenvalue weighted by Crippen LogP contribution is 2.21. The number of aryl methyl sites for hydroxylation is 3. The van der Waals surface area contributed by atoms with Crippen LogP contribution in [0, 0.1) is 20.8 Å². The fourth-order valence-corrected chi connectivity index (χ4v) is 2.11. The summed E-state index contributed by atoms with van der Waals surface area (Å²) in [4.78, 5) is 11.5. The summed E-state index contributed by atoms with van der Waals surface area (Å²) in [6, 6.07) is 4.32. The summed E-state index contributed by atoms with van der Waals surface area (Å²) in [5.74, 6) is 0.117. The molecule has 0 heterocycles. The van der Waals surface area contributed by atoms with E-state index in [4.69, 9.17) is 0 Å². The summed E-state index contributed by atoms with van der Waals surface area (Å²) in [6.07, 6.45) is 1.50. The van der Waals surface area contributed by atoms with E-state index in [1.165, 1.54) is 16.7 Å². The Morgan fingerprint density at radius 2 is 1.72 bits per heavy atom. The van der Waals surface area contributed by atoms with E-state index in [0.29, 0.717) is 13.0 Å². The first-order chi connectivity index (χ1) is 8.54. The molecule has 18 heavy (non-hydrogen) atoms. The molecule has 0 bridgehead atoms. The molecule has 100 valence electrons. The van der Waals surface area contributed by atoms with Crippen LogP contribution < -0.4 is 10.6 Å². The summed E-state index contributed by atoms with van der Waals surface area (Å²) < 4.78 is 0. The molecule has 2 N–H and O–H groups in total. The van der Waals surface area contributed by atoms with Gasteiger partial charge in [0.15, 0.2) is 0 Å². The lowest BCUT2D eigenvalue weighted by Gasteiger charge is -2.13. The number of amides is 1. The summed E-state index contributed by atoms with van der Waals surface area (Å²) in [7, 11) is 0. The van der Waals surface area contributed by atoms with Gasteiger partial charge in [0, 0.05) is 25.2 Å². The van der Waals surface area contributed by atoms with Crippen LogP contribution in [0.1, 0.15) is 36.5 Å². The van der Waals surface area contributed by atoms with Crippen molar-refractivity contribution in [2.24, 2.45) is 0 Å². The van der Waals surface area contributed by atoms with E-state index in [2.05, 4.69) is 50.5 Å². The molecule has 0 radical (unpaired) electrons. The second kappa shape index (κ2) is 7.04. The van der Waals surface area contributed by atoms with Gasteiger partial charge in [0.2, 0.25) is 5.91 Å². The fraction of sp³-hybridized carbons (Fsp3) is 0.533. The molecule has 0 saturated heterocycles. The van der Waals surface area contributed by atoms with Crippen LogP contribution in [0.3, 0.4) is 0 Å². The van der Waals surface area contributed by atoms with E-state index >= 15 is 0 Å². The minimum atomic E-state index is 0.117. The van der Waals surface area contributed by atoms with Gasteiger partial charge in [0.25, 0.3) is 0 Å². The van der Waals surface area contributed by atoms with Gasteiger partial charge in [-0.25, -0.2) is 0 Å². The van der Waals surface area contributed by atoms with Crippen LogP contribution in [0.2, 0.25) is 0 Å². The number of hydrogen-bond acceptors (Lipinski definition) is 2. The number of anilines is 1. The second-order valence-corrected chi connectivity index (χ2v) is 4.80. The number of benzene rings is 1. The largest absolute Gasteiger partial charge is 0.384 e. The number of carbonyl (C=O) groups excluding carboxylic acids is 1. The molecule has 0 aliphatic carbocycles. The lowest BCUT2D eigenvalue weighted by atomic mass is 10.1. The Labute approximate surface area is 110 Å². The number of carbonyl (C=O) groups is 1. The molecule has 0 aliphatic rings. The first kappa shape index (κ1) is 14.6. The van der Waals surface area contributed by atoms with Gasteiger partial charge in [-0.05, 0) is 38.3 Å². The van der Waals surface area contributed by atoms with Crippen molar-refractivity contribution in [3.8, 4) is 0 Å². The molecule has 1 aromatic carbocycles. The quantitative estimate of drug-likeness (QED) is 0.812. The number of hydrogen-bond donors (Lipinski definition) is 2. The molecule has 3 heteroatoms. The van der Waals surface area contributed by atoms with Crippen molar-refractivity contribution >= 4 is 11.6 Å². The van der Waals surface area contributed by atoms with Crippen molar-refractivity contribution in [2.45, 2.75) is 40.5 Å². The van der Waals surface area contributed by atoms with E-state index in [-0.39, 0.29) is 5.91 Å². The van der Waals surface area contributed by atoms with Gasteiger partial charge < -0.3 is 10.6 Å². The average molecular weight is 248 g/mol. The maximum absolute atomic E-state index is 11.5. The van der Waals surface area contributed by atoms with Crippen LogP contribution in [0.15, 0.2) is 12.1 Å². The fourth-order valence-electron chi connectivity index (χ4n) is 2.11. The summed E-state index contributed by atoms with van der Waals surface area (Å²) in [5, 5.41) is 6.23. The predicted molar refractivity (Wildman–Crippen MR) is 77.1 cm³/mol. The first-order valence-electron chi connectivity index (χ1n) is 6.63. The molecule has 1 amide bonds. The zero-order chi connectivity index (χ0) is 13.5. The Morgan fingerprint density at radius 3 is 2.28 bits per heavy atom. The van der Waals surface area contributed by atoms with Gasteiger partial charge in [-0.15, -0.1) is 0 Å². The van der Waals surface area contributed by atoms with E-state index in [0.717, 1.165) is 18.7 Å². The summed E-state index contributed by atoms with van der Waals surface area (Å²) >= 11 is 0. The third kappa shape index (κ3) is 4.40.